The molecule has 1 atom stereocenters. The molecule has 3 heteroatoms. The van der Waals surface area contributed by atoms with Gasteiger partial charge < -0.3 is 10.2 Å². The van der Waals surface area contributed by atoms with Crippen LogP contribution in [0.5, 0.6) is 0 Å². The summed E-state index contributed by atoms with van der Waals surface area (Å²) in [7, 11) is 0. The van der Waals surface area contributed by atoms with E-state index in [2.05, 4.69) is 0 Å². The lowest BCUT2D eigenvalue weighted by Crippen LogP contribution is -2.23. The lowest BCUT2D eigenvalue weighted by molar-refractivity contribution is -0.140. The highest BCUT2D eigenvalue weighted by Crippen LogP contribution is 2.26. The van der Waals surface area contributed by atoms with Crippen molar-refractivity contribution in [3.05, 3.63) is 0 Å². The molecule has 0 unspecified atom stereocenters. The molecule has 0 bridgehead atoms. The first kappa shape index (κ1) is 10.5. The molecule has 1 aliphatic rings. The second kappa shape index (κ2) is 5.22. The van der Waals surface area contributed by atoms with Crippen LogP contribution in [0.25, 0.3) is 0 Å². The van der Waals surface area contributed by atoms with E-state index in [0.29, 0.717) is 0 Å². The van der Waals surface area contributed by atoms with E-state index in [9.17, 15) is 9.90 Å². The first-order chi connectivity index (χ1) is 6.20. The molecule has 3 nitrogen and oxygen atoms in total. The molecule has 76 valence electrons. The van der Waals surface area contributed by atoms with Gasteiger partial charge in [-0.15, -0.1) is 0 Å². The third-order valence-corrected chi connectivity index (χ3v) is 2.83. The maximum Gasteiger partial charge on any atom is 0.305 e. The van der Waals surface area contributed by atoms with Gasteiger partial charge in [0.1, 0.15) is 0 Å². The Morgan fingerprint density at radius 2 is 1.77 bits per heavy atom. The molecule has 0 aromatic heterocycles. The number of carboxylic acids is 1. The minimum absolute atomic E-state index is 0.0926. The van der Waals surface area contributed by atoms with Crippen molar-refractivity contribution in [1.82, 2.24) is 0 Å². The van der Waals surface area contributed by atoms with Crippen molar-refractivity contribution in [2.24, 2.45) is 5.92 Å². The van der Waals surface area contributed by atoms with Gasteiger partial charge in [-0.05, 0) is 18.8 Å². The van der Waals surface area contributed by atoms with Crippen molar-refractivity contribution in [3.63, 3.8) is 0 Å². The summed E-state index contributed by atoms with van der Waals surface area (Å²) >= 11 is 0. The molecule has 0 aromatic carbocycles. The van der Waals surface area contributed by atoms with Crippen molar-refractivity contribution in [2.45, 2.75) is 51.0 Å². The summed E-state index contributed by atoms with van der Waals surface area (Å²) in [5.74, 6) is -0.671. The van der Waals surface area contributed by atoms with Crippen molar-refractivity contribution >= 4 is 5.97 Å². The fraction of sp³-hybridized carbons (Fsp3) is 0.900. The van der Waals surface area contributed by atoms with Crippen molar-refractivity contribution < 1.29 is 15.0 Å². The van der Waals surface area contributed by atoms with Gasteiger partial charge in [-0.3, -0.25) is 4.79 Å². The number of hydrogen-bond acceptors (Lipinski definition) is 2. The van der Waals surface area contributed by atoms with Crippen LogP contribution in [0, 0.1) is 5.92 Å². The van der Waals surface area contributed by atoms with Crippen LogP contribution in [-0.2, 0) is 4.79 Å². The van der Waals surface area contributed by atoms with Gasteiger partial charge in [-0.25, -0.2) is 0 Å². The van der Waals surface area contributed by atoms with Crippen LogP contribution in [0.1, 0.15) is 44.9 Å². The summed E-state index contributed by atoms with van der Waals surface area (Å²) in [6.07, 6.45) is 6.01. The molecule has 0 aromatic rings. The van der Waals surface area contributed by atoms with E-state index >= 15 is 0 Å². The molecule has 0 saturated heterocycles. The Bertz CT molecular complexity index is 160. The number of carbonyl (C=O) groups is 1. The number of carboxylic acid groups (broad SMARTS) is 1. The summed E-state index contributed by atoms with van der Waals surface area (Å²) in [6, 6.07) is 0. The van der Waals surface area contributed by atoms with Crippen LogP contribution in [0.2, 0.25) is 0 Å². The van der Waals surface area contributed by atoms with Crippen LogP contribution in [-0.4, -0.2) is 22.3 Å². The van der Waals surface area contributed by atoms with Crippen LogP contribution in [0.3, 0.4) is 0 Å². The van der Waals surface area contributed by atoms with Gasteiger partial charge in [0.05, 0.1) is 12.5 Å². The van der Waals surface area contributed by atoms with E-state index < -0.39 is 12.1 Å². The minimum atomic E-state index is -0.892. The van der Waals surface area contributed by atoms with Gasteiger partial charge in [-0.2, -0.15) is 0 Å². The number of rotatable bonds is 3. The fourth-order valence-corrected chi connectivity index (χ4v) is 2.04. The quantitative estimate of drug-likeness (QED) is 0.661. The lowest BCUT2D eigenvalue weighted by Gasteiger charge is -2.19. The van der Waals surface area contributed by atoms with Crippen LogP contribution >= 0.6 is 0 Å². The number of hydrogen-bond donors (Lipinski definition) is 2. The Morgan fingerprint density at radius 3 is 2.23 bits per heavy atom. The highest BCUT2D eigenvalue weighted by atomic mass is 16.4. The molecule has 1 fully saturated rings. The van der Waals surface area contributed by atoms with Crippen molar-refractivity contribution in [3.8, 4) is 0 Å². The zero-order chi connectivity index (χ0) is 9.68. The van der Waals surface area contributed by atoms with E-state index in [1.54, 1.807) is 0 Å². The summed E-state index contributed by atoms with van der Waals surface area (Å²) in [5, 5.41) is 18.1. The molecule has 0 spiro atoms. The average Bonchev–Trinajstić information content (AvgIpc) is 2.29. The maximum absolute atomic E-state index is 10.4. The Labute approximate surface area is 78.8 Å². The SMILES string of the molecule is O=C(O)C[C@H](O)C1CCCCCC1. The zero-order valence-corrected chi connectivity index (χ0v) is 7.91. The van der Waals surface area contributed by atoms with Gasteiger partial charge in [-0.1, -0.05) is 25.7 Å². The molecule has 2 N–H and O–H groups in total. The molecule has 1 aliphatic carbocycles. The highest BCUT2D eigenvalue weighted by molar-refractivity contribution is 5.67. The minimum Gasteiger partial charge on any atom is -0.481 e. The zero-order valence-electron chi connectivity index (χ0n) is 7.91. The Balaban J connectivity index is 2.34. The lowest BCUT2D eigenvalue weighted by atomic mass is 9.92. The van der Waals surface area contributed by atoms with E-state index in [4.69, 9.17) is 5.11 Å². The Kier molecular flexibility index (Phi) is 4.22. The summed E-state index contributed by atoms with van der Waals surface area (Å²) in [4.78, 5) is 10.4. The third kappa shape index (κ3) is 3.77. The maximum atomic E-state index is 10.4. The van der Waals surface area contributed by atoms with E-state index in [0.717, 1.165) is 25.7 Å². The Morgan fingerprint density at radius 1 is 1.23 bits per heavy atom. The first-order valence-electron chi connectivity index (χ1n) is 5.10. The van der Waals surface area contributed by atoms with Crippen molar-refractivity contribution in [1.29, 1.82) is 0 Å². The van der Waals surface area contributed by atoms with Gasteiger partial charge in [0, 0.05) is 0 Å². The third-order valence-electron chi connectivity index (χ3n) is 2.83. The first-order valence-corrected chi connectivity index (χ1v) is 5.10. The van der Waals surface area contributed by atoms with E-state index in [1.165, 1.54) is 12.8 Å². The second-order valence-electron chi connectivity index (χ2n) is 3.92. The molecule has 1 rings (SSSR count). The second-order valence-corrected chi connectivity index (χ2v) is 3.92. The fourth-order valence-electron chi connectivity index (χ4n) is 2.04. The molecule has 13 heavy (non-hydrogen) atoms. The molecule has 0 radical (unpaired) electrons. The largest absolute Gasteiger partial charge is 0.481 e. The molecule has 1 saturated carbocycles. The molecular weight excluding hydrogens is 168 g/mol. The van der Waals surface area contributed by atoms with Gasteiger partial charge in [0.2, 0.25) is 0 Å². The van der Waals surface area contributed by atoms with Crippen LogP contribution in [0.4, 0.5) is 0 Å². The smallest absolute Gasteiger partial charge is 0.305 e. The molecule has 0 amide bonds. The Hall–Kier alpha value is -0.570. The summed E-state index contributed by atoms with van der Waals surface area (Å²) in [6.45, 7) is 0. The standard InChI is InChI=1S/C10H18O3/c11-9(7-10(12)13)8-5-3-1-2-4-6-8/h8-9,11H,1-7H2,(H,12,13)/t9-/m0/s1. The van der Waals surface area contributed by atoms with Crippen LogP contribution in [0.15, 0.2) is 0 Å². The highest BCUT2D eigenvalue weighted by Gasteiger charge is 2.22. The summed E-state index contributed by atoms with van der Waals surface area (Å²) in [5.41, 5.74) is 0. The van der Waals surface area contributed by atoms with Gasteiger partial charge in [0.15, 0.2) is 0 Å². The molecule has 0 heterocycles. The number of aliphatic carboxylic acids is 1. The van der Waals surface area contributed by atoms with E-state index in [-0.39, 0.29) is 12.3 Å². The number of aliphatic hydroxyl groups excluding tert-OH is 1. The van der Waals surface area contributed by atoms with Crippen molar-refractivity contribution in [2.75, 3.05) is 0 Å². The normalized spacial score (nSPS) is 22.2. The predicted molar refractivity (Wildman–Crippen MR) is 49.5 cm³/mol. The van der Waals surface area contributed by atoms with E-state index in [1.807, 2.05) is 0 Å². The average molecular weight is 186 g/mol. The van der Waals surface area contributed by atoms with Gasteiger partial charge >= 0.3 is 5.97 Å². The predicted octanol–water partition coefficient (Wildman–Crippen LogP) is 1.79. The molecular formula is C10H18O3. The van der Waals surface area contributed by atoms with Gasteiger partial charge in [0.25, 0.3) is 0 Å². The molecule has 0 aliphatic heterocycles. The summed E-state index contributed by atoms with van der Waals surface area (Å²) < 4.78 is 0. The van der Waals surface area contributed by atoms with Crippen LogP contribution < -0.4 is 0 Å². The number of aliphatic hydroxyl groups is 1. The monoisotopic (exact) mass is 186 g/mol. The topological polar surface area (TPSA) is 57.5 Å².